The molecule has 2 aliphatic rings. The number of halogens is 3. The highest BCUT2D eigenvalue weighted by atomic mass is 79.9. The maximum Gasteiger partial charge on any atom is 0.248 e. The van der Waals surface area contributed by atoms with E-state index >= 15 is 0 Å². The molecular weight excluding hydrogens is 424 g/mol. The van der Waals surface area contributed by atoms with Crippen molar-refractivity contribution in [2.75, 3.05) is 32.8 Å². The molecule has 0 bridgehead atoms. The summed E-state index contributed by atoms with van der Waals surface area (Å²) in [4.78, 5) is 27.3. The lowest BCUT2D eigenvalue weighted by Crippen LogP contribution is -2.59. The van der Waals surface area contributed by atoms with Gasteiger partial charge in [0.25, 0.3) is 0 Å². The minimum absolute atomic E-state index is 0.0308. The van der Waals surface area contributed by atoms with E-state index in [1.165, 1.54) is 0 Å². The van der Waals surface area contributed by atoms with Gasteiger partial charge >= 0.3 is 0 Å². The molecule has 148 valence electrons. The topological polar surface area (TPSA) is 75.9 Å². The second-order valence-corrected chi connectivity index (χ2v) is 7.92. The Hall–Kier alpha value is -1.58. The van der Waals surface area contributed by atoms with Crippen molar-refractivity contribution in [3.05, 3.63) is 33.8 Å². The second kappa shape index (κ2) is 7.81. The van der Waals surface area contributed by atoms with Gasteiger partial charge < -0.3 is 15.4 Å². The summed E-state index contributed by atoms with van der Waals surface area (Å²) < 4.78 is 34.9. The quantitative estimate of drug-likeness (QED) is 0.768. The summed E-state index contributed by atoms with van der Waals surface area (Å²) in [5, 5.41) is 0. The van der Waals surface area contributed by atoms with Gasteiger partial charge in [-0.1, -0.05) is 15.9 Å². The Kier molecular flexibility index (Phi) is 5.83. The third kappa shape index (κ3) is 4.00. The molecule has 27 heavy (non-hydrogen) atoms. The number of carbonyl (C=O) groups is 2. The molecule has 2 fully saturated rings. The van der Waals surface area contributed by atoms with Crippen LogP contribution in [-0.2, 0) is 14.3 Å². The molecule has 3 rings (SSSR count). The van der Waals surface area contributed by atoms with Gasteiger partial charge in [0.05, 0.1) is 11.2 Å². The van der Waals surface area contributed by atoms with E-state index in [-0.39, 0.29) is 22.6 Å². The molecule has 2 heterocycles. The molecule has 1 spiro atoms. The van der Waals surface area contributed by atoms with Crippen molar-refractivity contribution in [3.8, 4) is 0 Å². The highest BCUT2D eigenvalue weighted by Crippen LogP contribution is 2.36. The molecule has 0 aliphatic carbocycles. The van der Waals surface area contributed by atoms with Crippen LogP contribution in [0.1, 0.15) is 31.4 Å². The van der Waals surface area contributed by atoms with Gasteiger partial charge in [-0.25, -0.2) is 8.78 Å². The fourth-order valence-electron chi connectivity index (χ4n) is 3.89. The van der Waals surface area contributed by atoms with Crippen molar-refractivity contribution in [2.24, 2.45) is 5.73 Å². The molecule has 0 radical (unpaired) electrons. The van der Waals surface area contributed by atoms with E-state index in [4.69, 9.17) is 10.5 Å². The first kappa shape index (κ1) is 20.2. The summed E-state index contributed by atoms with van der Waals surface area (Å²) in [6.07, 6.45) is 1.08. The van der Waals surface area contributed by atoms with E-state index in [1.807, 2.05) is 6.92 Å². The van der Waals surface area contributed by atoms with Gasteiger partial charge in [-0.15, -0.1) is 0 Å². The number of piperidine rings is 1. The second-order valence-electron chi connectivity index (χ2n) is 7.00. The number of morpholine rings is 1. The Morgan fingerprint density at radius 2 is 1.93 bits per heavy atom. The standard InChI is InChI=1S/C18H22BrF2N3O3/c1-2-23-10-18(27-9-14(23)25)3-5-24(6-4-18)16(17(22)26)15-12(20)7-11(19)8-13(15)21/h7-8,16H,2-6,9-10H2,1H3,(H2,22,26). The van der Waals surface area contributed by atoms with Crippen molar-refractivity contribution >= 4 is 27.7 Å². The van der Waals surface area contributed by atoms with E-state index in [0.717, 1.165) is 12.1 Å². The van der Waals surface area contributed by atoms with E-state index in [9.17, 15) is 18.4 Å². The SMILES string of the molecule is CCN1CC2(CCN(C(C(N)=O)c3c(F)cc(Br)cc3F)CC2)OCC1=O. The van der Waals surface area contributed by atoms with E-state index in [0.29, 0.717) is 39.0 Å². The molecule has 1 aromatic carbocycles. The Bertz CT molecular complexity index is 730. The molecule has 1 atom stereocenters. The number of hydrogen-bond acceptors (Lipinski definition) is 4. The van der Waals surface area contributed by atoms with E-state index < -0.39 is 29.2 Å². The first-order valence-corrected chi connectivity index (χ1v) is 9.65. The third-order valence-corrected chi connectivity index (χ3v) is 5.83. The lowest BCUT2D eigenvalue weighted by Gasteiger charge is -2.48. The van der Waals surface area contributed by atoms with Crippen LogP contribution >= 0.6 is 15.9 Å². The summed E-state index contributed by atoms with van der Waals surface area (Å²) in [6, 6.07) is 1.05. The lowest BCUT2D eigenvalue weighted by molar-refractivity contribution is -0.172. The van der Waals surface area contributed by atoms with Crippen molar-refractivity contribution in [1.82, 2.24) is 9.80 Å². The van der Waals surface area contributed by atoms with Gasteiger partial charge in [-0.05, 0) is 31.9 Å². The van der Waals surface area contributed by atoms with Crippen molar-refractivity contribution < 1.29 is 23.1 Å². The molecule has 2 saturated heterocycles. The van der Waals surface area contributed by atoms with Gasteiger partial charge in [-0.2, -0.15) is 0 Å². The van der Waals surface area contributed by atoms with Crippen LogP contribution in [0.15, 0.2) is 16.6 Å². The third-order valence-electron chi connectivity index (χ3n) is 5.38. The van der Waals surface area contributed by atoms with Gasteiger partial charge in [0.1, 0.15) is 24.3 Å². The molecule has 0 saturated carbocycles. The Morgan fingerprint density at radius 3 is 2.44 bits per heavy atom. The first-order chi connectivity index (χ1) is 12.8. The maximum absolute atomic E-state index is 14.4. The number of nitrogens with zero attached hydrogens (tertiary/aromatic N) is 2. The average Bonchev–Trinajstić information content (AvgIpc) is 2.61. The Labute approximate surface area is 164 Å². The molecule has 6 nitrogen and oxygen atoms in total. The number of ether oxygens (including phenoxy) is 1. The number of benzene rings is 1. The summed E-state index contributed by atoms with van der Waals surface area (Å²) in [5.41, 5.74) is 4.67. The van der Waals surface area contributed by atoms with Gasteiger partial charge in [-0.3, -0.25) is 14.5 Å². The number of primary amides is 1. The van der Waals surface area contributed by atoms with E-state index in [1.54, 1.807) is 9.80 Å². The van der Waals surface area contributed by atoms with Crippen molar-refractivity contribution in [2.45, 2.75) is 31.4 Å². The summed E-state index contributed by atoms with van der Waals surface area (Å²) in [6.45, 7) is 3.80. The molecule has 0 aromatic heterocycles. The fraction of sp³-hybridized carbons (Fsp3) is 0.556. The zero-order valence-corrected chi connectivity index (χ0v) is 16.6. The van der Waals surface area contributed by atoms with Crippen LogP contribution in [0.2, 0.25) is 0 Å². The van der Waals surface area contributed by atoms with Gasteiger partial charge in [0.15, 0.2) is 0 Å². The average molecular weight is 446 g/mol. The van der Waals surface area contributed by atoms with Crippen LogP contribution in [0.3, 0.4) is 0 Å². The smallest absolute Gasteiger partial charge is 0.248 e. The van der Waals surface area contributed by atoms with E-state index in [2.05, 4.69) is 15.9 Å². The molecule has 1 unspecified atom stereocenters. The molecule has 1 aromatic rings. The first-order valence-electron chi connectivity index (χ1n) is 8.86. The zero-order valence-electron chi connectivity index (χ0n) is 15.0. The number of likely N-dealkylation sites (N-methyl/N-ethyl adjacent to an activating group) is 1. The highest BCUT2D eigenvalue weighted by molar-refractivity contribution is 9.10. The van der Waals surface area contributed by atoms with Crippen LogP contribution in [0.5, 0.6) is 0 Å². The number of nitrogens with two attached hydrogens (primary N) is 1. The maximum atomic E-state index is 14.4. The minimum atomic E-state index is -1.19. The number of hydrogen-bond donors (Lipinski definition) is 1. The largest absolute Gasteiger partial charge is 0.368 e. The molecule has 9 heteroatoms. The summed E-state index contributed by atoms with van der Waals surface area (Å²) in [7, 11) is 0. The van der Waals surface area contributed by atoms with Crippen LogP contribution in [0, 0.1) is 11.6 Å². The predicted octanol–water partition coefficient (Wildman–Crippen LogP) is 1.97. The Balaban J connectivity index is 1.79. The molecular formula is C18H22BrF2N3O3. The molecule has 2 amide bonds. The fourth-order valence-corrected chi connectivity index (χ4v) is 4.29. The van der Waals surface area contributed by atoms with Gasteiger partial charge in [0.2, 0.25) is 11.8 Å². The summed E-state index contributed by atoms with van der Waals surface area (Å²) in [5.74, 6) is -2.48. The summed E-state index contributed by atoms with van der Waals surface area (Å²) >= 11 is 3.04. The van der Waals surface area contributed by atoms with Crippen molar-refractivity contribution in [1.29, 1.82) is 0 Å². The van der Waals surface area contributed by atoms with Crippen LogP contribution in [0.4, 0.5) is 8.78 Å². The predicted molar refractivity (Wildman–Crippen MR) is 97.7 cm³/mol. The molecule has 2 aliphatic heterocycles. The normalized spacial score (nSPS) is 21.5. The van der Waals surface area contributed by atoms with Crippen LogP contribution < -0.4 is 5.73 Å². The number of amides is 2. The van der Waals surface area contributed by atoms with Crippen LogP contribution in [0.25, 0.3) is 0 Å². The zero-order chi connectivity index (χ0) is 19.8. The number of rotatable bonds is 4. The number of carbonyl (C=O) groups excluding carboxylic acids is 2. The highest BCUT2D eigenvalue weighted by Gasteiger charge is 2.44. The van der Waals surface area contributed by atoms with Crippen LogP contribution in [-0.4, -0.2) is 60.0 Å². The minimum Gasteiger partial charge on any atom is -0.368 e. The van der Waals surface area contributed by atoms with Crippen molar-refractivity contribution in [3.63, 3.8) is 0 Å². The van der Waals surface area contributed by atoms with Gasteiger partial charge in [0, 0.05) is 30.7 Å². The number of likely N-dealkylation sites (tertiary alicyclic amines) is 1. The Morgan fingerprint density at radius 1 is 1.33 bits per heavy atom. The lowest BCUT2D eigenvalue weighted by atomic mass is 9.87. The molecule has 2 N–H and O–H groups in total. The monoisotopic (exact) mass is 445 g/mol.